The van der Waals surface area contributed by atoms with Gasteiger partial charge in [-0.25, -0.2) is 4.98 Å². The SMILES string of the molecule is c1cn(Cc2ncon2)cn1. The molecule has 0 aliphatic rings. The predicted molar refractivity (Wildman–Crippen MR) is 35.6 cm³/mol. The molecule has 0 aliphatic heterocycles. The van der Waals surface area contributed by atoms with Crippen LogP contribution in [-0.2, 0) is 6.54 Å². The van der Waals surface area contributed by atoms with E-state index >= 15 is 0 Å². The van der Waals surface area contributed by atoms with Crippen molar-refractivity contribution in [1.82, 2.24) is 19.7 Å². The molecule has 0 N–H and O–H groups in total. The maximum Gasteiger partial charge on any atom is 0.213 e. The maximum atomic E-state index is 4.57. The van der Waals surface area contributed by atoms with Crippen LogP contribution in [0, 0.1) is 0 Å². The van der Waals surface area contributed by atoms with E-state index in [9.17, 15) is 0 Å². The normalized spacial score (nSPS) is 10.2. The first-order valence-corrected chi connectivity index (χ1v) is 3.16. The maximum absolute atomic E-state index is 4.57. The lowest BCUT2D eigenvalue weighted by molar-refractivity contribution is 0.408. The molecule has 0 spiro atoms. The Morgan fingerprint density at radius 3 is 3.18 bits per heavy atom. The smallest absolute Gasteiger partial charge is 0.213 e. The van der Waals surface area contributed by atoms with E-state index < -0.39 is 0 Å². The van der Waals surface area contributed by atoms with Crippen LogP contribution < -0.4 is 0 Å². The van der Waals surface area contributed by atoms with Gasteiger partial charge in [-0.1, -0.05) is 5.16 Å². The lowest BCUT2D eigenvalue weighted by atomic mass is 10.6. The minimum Gasteiger partial charge on any atom is -0.343 e. The third-order valence-corrected chi connectivity index (χ3v) is 1.29. The summed E-state index contributed by atoms with van der Waals surface area (Å²) in [5.74, 6) is 0.656. The fraction of sp³-hybridized carbons (Fsp3) is 0.167. The number of hydrogen-bond donors (Lipinski definition) is 0. The van der Waals surface area contributed by atoms with E-state index in [0.717, 1.165) is 0 Å². The summed E-state index contributed by atoms with van der Waals surface area (Å²) >= 11 is 0. The van der Waals surface area contributed by atoms with Crippen molar-refractivity contribution in [3.8, 4) is 0 Å². The van der Waals surface area contributed by atoms with Gasteiger partial charge in [0.05, 0.1) is 12.9 Å². The highest BCUT2D eigenvalue weighted by Gasteiger charge is 1.97. The van der Waals surface area contributed by atoms with Gasteiger partial charge in [-0.3, -0.25) is 0 Å². The van der Waals surface area contributed by atoms with Crippen molar-refractivity contribution in [3.63, 3.8) is 0 Å². The van der Waals surface area contributed by atoms with E-state index in [-0.39, 0.29) is 0 Å². The van der Waals surface area contributed by atoms with Crippen LogP contribution in [0.3, 0.4) is 0 Å². The Morgan fingerprint density at radius 1 is 1.55 bits per heavy atom. The molecule has 0 unspecified atom stereocenters. The van der Waals surface area contributed by atoms with Gasteiger partial charge < -0.3 is 9.09 Å². The van der Waals surface area contributed by atoms with Crippen LogP contribution in [0.5, 0.6) is 0 Å². The molecular formula is C6H6N4O. The molecule has 2 rings (SSSR count). The zero-order valence-corrected chi connectivity index (χ0v) is 5.71. The topological polar surface area (TPSA) is 56.7 Å². The average Bonchev–Trinajstić information content (AvgIpc) is 2.60. The largest absolute Gasteiger partial charge is 0.343 e. The molecule has 5 heteroatoms. The number of imidazole rings is 1. The summed E-state index contributed by atoms with van der Waals surface area (Å²) in [5, 5.41) is 3.66. The fourth-order valence-electron chi connectivity index (χ4n) is 0.806. The van der Waals surface area contributed by atoms with E-state index in [4.69, 9.17) is 0 Å². The molecule has 0 aliphatic carbocycles. The summed E-state index contributed by atoms with van der Waals surface area (Å²) in [6.07, 6.45) is 6.57. The highest BCUT2D eigenvalue weighted by Crippen LogP contribution is 1.93. The summed E-state index contributed by atoms with van der Waals surface area (Å²) in [7, 11) is 0. The monoisotopic (exact) mass is 150 g/mol. The molecule has 0 aromatic carbocycles. The van der Waals surface area contributed by atoms with Gasteiger partial charge in [0.1, 0.15) is 0 Å². The Hall–Kier alpha value is -1.65. The molecule has 0 amide bonds. The van der Waals surface area contributed by atoms with Gasteiger partial charge in [-0.15, -0.1) is 0 Å². The lowest BCUT2D eigenvalue weighted by Crippen LogP contribution is -1.97. The summed E-state index contributed by atoms with van der Waals surface area (Å²) in [5.41, 5.74) is 0. The Morgan fingerprint density at radius 2 is 2.55 bits per heavy atom. The third-order valence-electron chi connectivity index (χ3n) is 1.29. The molecule has 11 heavy (non-hydrogen) atoms. The van der Waals surface area contributed by atoms with Crippen LogP contribution >= 0.6 is 0 Å². The van der Waals surface area contributed by atoms with Gasteiger partial charge >= 0.3 is 0 Å². The molecule has 2 aromatic heterocycles. The van der Waals surface area contributed by atoms with E-state index in [1.165, 1.54) is 6.39 Å². The molecular weight excluding hydrogens is 144 g/mol. The van der Waals surface area contributed by atoms with Crippen molar-refractivity contribution in [2.24, 2.45) is 0 Å². The predicted octanol–water partition coefficient (Wildman–Crippen LogP) is 0.314. The van der Waals surface area contributed by atoms with Gasteiger partial charge in [0.25, 0.3) is 0 Å². The van der Waals surface area contributed by atoms with Crippen molar-refractivity contribution >= 4 is 0 Å². The van der Waals surface area contributed by atoms with Gasteiger partial charge in [-0.05, 0) is 0 Å². The van der Waals surface area contributed by atoms with Crippen LogP contribution in [0.25, 0.3) is 0 Å². The molecule has 2 aromatic rings. The molecule has 56 valence electrons. The Balaban J connectivity index is 2.14. The summed E-state index contributed by atoms with van der Waals surface area (Å²) < 4.78 is 6.43. The quantitative estimate of drug-likeness (QED) is 0.618. The standard InChI is InChI=1S/C6H6N4O/c1-2-10(4-7-1)3-6-8-5-11-9-6/h1-2,4-5H,3H2. The molecule has 0 saturated carbocycles. The minimum atomic E-state index is 0.608. The number of nitrogens with zero attached hydrogens (tertiary/aromatic N) is 4. The highest BCUT2D eigenvalue weighted by molar-refractivity contribution is 4.83. The molecule has 0 atom stereocenters. The molecule has 0 bridgehead atoms. The van der Waals surface area contributed by atoms with Gasteiger partial charge in [-0.2, -0.15) is 4.98 Å². The van der Waals surface area contributed by atoms with Crippen molar-refractivity contribution in [2.45, 2.75) is 6.54 Å². The minimum absolute atomic E-state index is 0.608. The van der Waals surface area contributed by atoms with Gasteiger partial charge in [0, 0.05) is 12.4 Å². The molecule has 2 heterocycles. The fourth-order valence-corrected chi connectivity index (χ4v) is 0.806. The average molecular weight is 150 g/mol. The van der Waals surface area contributed by atoms with Crippen LogP contribution in [-0.4, -0.2) is 19.7 Å². The van der Waals surface area contributed by atoms with Crippen LogP contribution in [0.4, 0.5) is 0 Å². The number of hydrogen-bond acceptors (Lipinski definition) is 4. The van der Waals surface area contributed by atoms with Crippen molar-refractivity contribution in [1.29, 1.82) is 0 Å². The molecule has 0 saturated heterocycles. The second-order valence-corrected chi connectivity index (χ2v) is 2.08. The first-order chi connectivity index (χ1) is 5.45. The zero-order valence-electron chi connectivity index (χ0n) is 5.71. The Bertz CT molecular complexity index is 267. The van der Waals surface area contributed by atoms with Crippen molar-refractivity contribution in [3.05, 3.63) is 30.9 Å². The molecule has 0 radical (unpaired) electrons. The van der Waals surface area contributed by atoms with E-state index in [1.807, 2.05) is 10.8 Å². The van der Waals surface area contributed by atoms with Crippen LogP contribution in [0.15, 0.2) is 29.6 Å². The third kappa shape index (κ3) is 1.26. The number of aromatic nitrogens is 4. The first kappa shape index (κ1) is 6.09. The van der Waals surface area contributed by atoms with Crippen LogP contribution in [0.1, 0.15) is 5.82 Å². The van der Waals surface area contributed by atoms with Crippen molar-refractivity contribution < 1.29 is 4.52 Å². The number of rotatable bonds is 2. The van der Waals surface area contributed by atoms with E-state index in [0.29, 0.717) is 12.4 Å². The highest BCUT2D eigenvalue weighted by atomic mass is 16.5. The van der Waals surface area contributed by atoms with E-state index in [2.05, 4.69) is 19.6 Å². The Kier molecular flexibility index (Phi) is 1.40. The summed E-state index contributed by atoms with van der Waals surface area (Å²) in [4.78, 5) is 7.74. The lowest BCUT2D eigenvalue weighted by Gasteiger charge is -1.92. The van der Waals surface area contributed by atoms with Gasteiger partial charge in [0.15, 0.2) is 5.82 Å². The van der Waals surface area contributed by atoms with Crippen molar-refractivity contribution in [2.75, 3.05) is 0 Å². The second-order valence-electron chi connectivity index (χ2n) is 2.08. The van der Waals surface area contributed by atoms with Crippen LogP contribution in [0.2, 0.25) is 0 Å². The Labute approximate surface area is 62.7 Å². The molecule has 5 nitrogen and oxygen atoms in total. The zero-order chi connectivity index (χ0) is 7.52. The first-order valence-electron chi connectivity index (χ1n) is 3.16. The summed E-state index contributed by atoms with van der Waals surface area (Å²) in [6.45, 7) is 0.608. The second kappa shape index (κ2) is 2.53. The van der Waals surface area contributed by atoms with E-state index in [1.54, 1.807) is 12.5 Å². The van der Waals surface area contributed by atoms with Gasteiger partial charge in [0.2, 0.25) is 6.39 Å². The summed E-state index contributed by atoms with van der Waals surface area (Å²) in [6, 6.07) is 0. The molecule has 0 fully saturated rings.